The van der Waals surface area contributed by atoms with Crippen molar-refractivity contribution in [3.05, 3.63) is 142 Å². The van der Waals surface area contributed by atoms with E-state index in [9.17, 15) is 9.59 Å². The van der Waals surface area contributed by atoms with Gasteiger partial charge in [0.1, 0.15) is 0 Å². The molecule has 1 saturated heterocycles. The number of halogens is 1. The van der Waals surface area contributed by atoms with Crippen LogP contribution in [0.1, 0.15) is 28.2 Å². The molecule has 0 radical (unpaired) electrons. The Hall–Kier alpha value is -4.35. The molecule has 0 aromatic heterocycles. The first-order chi connectivity index (χ1) is 19.6. The fourth-order valence-corrected chi connectivity index (χ4v) is 7.66. The van der Waals surface area contributed by atoms with Crippen LogP contribution in [0, 0.1) is 11.8 Å². The van der Waals surface area contributed by atoms with E-state index in [0.717, 1.165) is 43.2 Å². The Kier molecular flexibility index (Phi) is 5.04. The molecule has 2 bridgehead atoms. The van der Waals surface area contributed by atoms with Crippen molar-refractivity contribution in [2.45, 2.75) is 11.3 Å². The van der Waals surface area contributed by atoms with Crippen LogP contribution < -0.4 is 4.90 Å². The zero-order valence-corrected chi connectivity index (χ0v) is 23.0. The summed E-state index contributed by atoms with van der Waals surface area (Å²) in [6.45, 7) is 0. The van der Waals surface area contributed by atoms with E-state index in [2.05, 4.69) is 40.2 Å². The monoisotopic (exact) mass is 582 g/mol. The van der Waals surface area contributed by atoms with Crippen LogP contribution in [0.3, 0.4) is 0 Å². The molecule has 2 atom stereocenters. The number of anilines is 1. The van der Waals surface area contributed by atoms with E-state index in [-0.39, 0.29) is 17.7 Å². The van der Waals surface area contributed by atoms with Crippen LogP contribution in [0.4, 0.5) is 11.4 Å². The molecule has 2 amide bonds. The van der Waals surface area contributed by atoms with Gasteiger partial charge in [-0.05, 0) is 58.0 Å². The van der Waals surface area contributed by atoms with Gasteiger partial charge in [-0.25, -0.2) is 4.90 Å². The maximum Gasteiger partial charge on any atom is 0.239 e. The predicted octanol–water partition coefficient (Wildman–Crippen LogP) is 7.56. The van der Waals surface area contributed by atoms with Gasteiger partial charge < -0.3 is 0 Å². The van der Waals surface area contributed by atoms with Gasteiger partial charge in [-0.1, -0.05) is 101 Å². The Balaban J connectivity index is 1.40. The molecule has 3 aliphatic carbocycles. The lowest BCUT2D eigenvalue weighted by Gasteiger charge is -2.52. The number of carbonyl (C=O) groups is 2. The van der Waals surface area contributed by atoms with Crippen LogP contribution in [-0.2, 0) is 15.0 Å². The Bertz CT molecular complexity index is 1840. The highest BCUT2D eigenvalue weighted by Gasteiger charge is 2.68. The van der Waals surface area contributed by atoms with Crippen LogP contribution in [0.2, 0.25) is 0 Å². The fourth-order valence-electron chi connectivity index (χ4n) is 7.39. The lowest BCUT2D eigenvalue weighted by atomic mass is 9.47. The van der Waals surface area contributed by atoms with Gasteiger partial charge in [0, 0.05) is 22.0 Å². The Morgan fingerprint density at radius 3 is 2.05 bits per heavy atom. The van der Waals surface area contributed by atoms with Crippen LogP contribution in [0.5, 0.6) is 0 Å². The summed E-state index contributed by atoms with van der Waals surface area (Å²) in [5.74, 6) is -1.62. The van der Waals surface area contributed by atoms with Crippen LogP contribution in [0.15, 0.2) is 125 Å². The number of amides is 2. The first-order valence-electron chi connectivity index (χ1n) is 13.4. The quantitative estimate of drug-likeness (QED) is 0.163. The molecular weight excluding hydrogens is 560 g/mol. The molecule has 5 heteroatoms. The molecule has 1 aliphatic heterocycles. The van der Waals surface area contributed by atoms with Crippen molar-refractivity contribution in [2.24, 2.45) is 16.8 Å². The number of aliphatic imine (C=N–C) groups is 1. The van der Waals surface area contributed by atoms with Gasteiger partial charge in [0.2, 0.25) is 11.8 Å². The molecule has 192 valence electrons. The third-order valence-electron chi connectivity index (χ3n) is 8.94. The van der Waals surface area contributed by atoms with Crippen molar-refractivity contribution < 1.29 is 9.59 Å². The minimum absolute atomic E-state index is 0.137. The minimum Gasteiger partial charge on any atom is -0.274 e. The van der Waals surface area contributed by atoms with Crippen molar-refractivity contribution in [1.82, 2.24) is 0 Å². The normalized spacial score (nSPS) is 24.4. The van der Waals surface area contributed by atoms with E-state index in [1.54, 1.807) is 0 Å². The van der Waals surface area contributed by atoms with Crippen molar-refractivity contribution in [2.75, 3.05) is 4.90 Å². The van der Waals surface area contributed by atoms with Gasteiger partial charge in [-0.2, -0.15) is 0 Å². The molecule has 1 fully saturated rings. The van der Waals surface area contributed by atoms with Gasteiger partial charge in [-0.15, -0.1) is 0 Å². The number of imide groups is 1. The van der Waals surface area contributed by atoms with E-state index in [4.69, 9.17) is 4.99 Å². The molecule has 0 unspecified atom stereocenters. The van der Waals surface area contributed by atoms with Gasteiger partial charge >= 0.3 is 0 Å². The smallest absolute Gasteiger partial charge is 0.239 e. The standard InChI is InChI=1S/C35H23BrN2O2/c36-22-16-18-23(19-17-22)37-20-35-27-13-5-3-11-25(27)30(26-12-4-6-14-28(26)35)31-32(35)34(40)38(33(31)39)29-15-7-9-21-8-1-2-10-24(21)29/h1-20,30-32H/t30?,31-,32-,35?/m1/s1. The summed E-state index contributed by atoms with van der Waals surface area (Å²) in [4.78, 5) is 35.7. The molecular formula is C35H23BrN2O2. The number of rotatable bonds is 3. The molecule has 5 aromatic rings. The molecule has 40 heavy (non-hydrogen) atoms. The Labute approximate surface area is 240 Å². The van der Waals surface area contributed by atoms with Gasteiger partial charge in [0.25, 0.3) is 0 Å². The molecule has 1 heterocycles. The fraction of sp³-hybridized carbons (Fsp3) is 0.114. The number of hydrogen-bond acceptors (Lipinski definition) is 3. The second-order valence-electron chi connectivity index (χ2n) is 10.8. The van der Waals surface area contributed by atoms with Crippen molar-refractivity contribution >= 4 is 56.1 Å². The zero-order valence-electron chi connectivity index (χ0n) is 21.4. The summed E-state index contributed by atoms with van der Waals surface area (Å²) in [7, 11) is 0. The third kappa shape index (κ3) is 3.04. The summed E-state index contributed by atoms with van der Waals surface area (Å²) in [5, 5.41) is 1.89. The van der Waals surface area contributed by atoms with Crippen molar-refractivity contribution in [3.63, 3.8) is 0 Å². The number of fused-ring (bicyclic) bond motifs is 1. The van der Waals surface area contributed by atoms with E-state index in [1.807, 2.05) is 97.2 Å². The molecule has 4 aliphatic rings. The number of nitrogens with zero attached hydrogens (tertiary/aromatic N) is 2. The highest BCUT2D eigenvalue weighted by atomic mass is 79.9. The van der Waals surface area contributed by atoms with Gasteiger partial charge in [-0.3, -0.25) is 14.6 Å². The van der Waals surface area contributed by atoms with Crippen LogP contribution in [0.25, 0.3) is 10.8 Å². The lowest BCUT2D eigenvalue weighted by Crippen LogP contribution is -2.54. The Morgan fingerprint density at radius 1 is 0.700 bits per heavy atom. The lowest BCUT2D eigenvalue weighted by molar-refractivity contribution is -0.122. The SMILES string of the molecule is O=C1[C@@H]2C3c4ccccc4C(C=Nc4ccc(Br)cc4)(c4ccccc43)[C@H]2C(=O)N1c1cccc2ccccc12. The summed E-state index contributed by atoms with van der Waals surface area (Å²) >= 11 is 3.50. The maximum atomic E-state index is 14.7. The number of hydrogen-bond donors (Lipinski definition) is 0. The highest BCUT2D eigenvalue weighted by Crippen LogP contribution is 2.64. The third-order valence-corrected chi connectivity index (χ3v) is 9.46. The topological polar surface area (TPSA) is 49.7 Å². The molecule has 0 spiro atoms. The zero-order chi connectivity index (χ0) is 27.0. The summed E-state index contributed by atoms with van der Waals surface area (Å²) in [5.41, 5.74) is 4.88. The van der Waals surface area contributed by atoms with E-state index in [1.165, 1.54) is 4.90 Å². The van der Waals surface area contributed by atoms with E-state index >= 15 is 0 Å². The second kappa shape index (κ2) is 8.57. The molecule has 0 N–H and O–H groups in total. The van der Waals surface area contributed by atoms with Gasteiger partial charge in [0.15, 0.2) is 0 Å². The van der Waals surface area contributed by atoms with Crippen molar-refractivity contribution in [3.8, 4) is 0 Å². The molecule has 9 rings (SSSR count). The number of benzene rings is 5. The molecule has 5 aromatic carbocycles. The number of carbonyl (C=O) groups excluding carboxylic acids is 2. The molecule has 0 saturated carbocycles. The van der Waals surface area contributed by atoms with Crippen molar-refractivity contribution in [1.29, 1.82) is 0 Å². The predicted molar refractivity (Wildman–Crippen MR) is 161 cm³/mol. The summed E-state index contributed by atoms with van der Waals surface area (Å²) in [6, 6.07) is 38.1. The molecule has 4 nitrogen and oxygen atoms in total. The maximum absolute atomic E-state index is 14.7. The van der Waals surface area contributed by atoms with E-state index < -0.39 is 17.3 Å². The van der Waals surface area contributed by atoms with E-state index in [0.29, 0.717) is 5.69 Å². The summed E-state index contributed by atoms with van der Waals surface area (Å²) in [6.07, 6.45) is 1.94. The first-order valence-corrected chi connectivity index (χ1v) is 14.2. The first kappa shape index (κ1) is 23.5. The Morgan fingerprint density at radius 2 is 1.32 bits per heavy atom. The second-order valence-corrected chi connectivity index (χ2v) is 11.7. The largest absolute Gasteiger partial charge is 0.274 e. The summed E-state index contributed by atoms with van der Waals surface area (Å²) < 4.78 is 0.973. The average Bonchev–Trinajstić information content (AvgIpc) is 3.27. The minimum atomic E-state index is -0.883. The van der Waals surface area contributed by atoms with Crippen LogP contribution >= 0.6 is 15.9 Å². The van der Waals surface area contributed by atoms with Crippen LogP contribution in [-0.4, -0.2) is 18.0 Å². The van der Waals surface area contributed by atoms with Gasteiger partial charge in [0.05, 0.1) is 28.6 Å². The average molecular weight is 583 g/mol. The highest BCUT2D eigenvalue weighted by molar-refractivity contribution is 9.10.